The third-order valence-electron chi connectivity index (χ3n) is 7.83. The maximum atomic E-state index is 11.6. The van der Waals surface area contributed by atoms with Gasteiger partial charge in [-0.2, -0.15) is 4.57 Å². The first-order chi connectivity index (χ1) is 22.5. The molecule has 0 aliphatic carbocycles. The van der Waals surface area contributed by atoms with Crippen molar-refractivity contribution < 1.29 is 69.2 Å². The fraction of sp³-hybridized carbons (Fsp3) is 0.171. The molecule has 0 amide bonds. The van der Waals surface area contributed by atoms with Crippen molar-refractivity contribution >= 4 is 43.1 Å². The minimum atomic E-state index is -4.53. The molecule has 1 aromatic heterocycles. The van der Waals surface area contributed by atoms with Gasteiger partial charge in [0, 0.05) is 18.7 Å². The molecule has 0 radical (unpaired) electrons. The van der Waals surface area contributed by atoms with E-state index in [1.54, 1.807) is 33.8 Å². The number of ether oxygens (including phenoxy) is 1. The predicted octanol–water partition coefficient (Wildman–Crippen LogP) is 2.68. The summed E-state index contributed by atoms with van der Waals surface area (Å²) in [6, 6.07) is 30.5. The molecule has 1 aliphatic heterocycles. The molecule has 0 saturated carbocycles. The number of allylic oxidation sites excluding steroid dienone is 2. The summed E-state index contributed by atoms with van der Waals surface area (Å²) >= 11 is 0. The van der Waals surface area contributed by atoms with Gasteiger partial charge in [0.1, 0.15) is 10.1 Å². The zero-order valence-corrected chi connectivity index (χ0v) is 30.0. The molecule has 2 heterocycles. The van der Waals surface area contributed by atoms with Gasteiger partial charge in [0.05, 0.1) is 33.4 Å². The minimum absolute atomic E-state index is 0. The molecule has 10 nitrogen and oxygen atoms in total. The van der Waals surface area contributed by atoms with Crippen LogP contribution in [0.1, 0.15) is 19.2 Å². The summed E-state index contributed by atoms with van der Waals surface area (Å²) in [4.78, 5) is 1.66. The van der Waals surface area contributed by atoms with Crippen LogP contribution < -0.4 is 43.8 Å². The van der Waals surface area contributed by atoms with Gasteiger partial charge < -0.3 is 23.2 Å². The van der Waals surface area contributed by atoms with Gasteiger partial charge >= 0.3 is 35.4 Å². The van der Waals surface area contributed by atoms with Gasteiger partial charge in [-0.15, -0.1) is 0 Å². The second kappa shape index (κ2) is 14.8. The van der Waals surface area contributed by atoms with Gasteiger partial charge in [-0.3, -0.25) is 0 Å². The first-order valence-electron chi connectivity index (χ1n) is 14.9. The number of anilines is 1. The molecule has 0 unspecified atom stereocenters. The minimum Gasteiger partial charge on any atom is -0.748 e. The van der Waals surface area contributed by atoms with Gasteiger partial charge in [0.25, 0.3) is 5.52 Å². The Hall–Kier alpha value is -3.75. The molecule has 0 bridgehead atoms. The van der Waals surface area contributed by atoms with Crippen LogP contribution in [-0.4, -0.2) is 44.0 Å². The fourth-order valence-corrected chi connectivity index (χ4v) is 6.28. The van der Waals surface area contributed by atoms with Gasteiger partial charge in [0.2, 0.25) is 11.5 Å². The van der Waals surface area contributed by atoms with Crippen LogP contribution in [0.3, 0.4) is 0 Å². The van der Waals surface area contributed by atoms with Crippen molar-refractivity contribution in [3.05, 3.63) is 120 Å². The van der Waals surface area contributed by atoms with E-state index in [0.29, 0.717) is 46.3 Å². The Balaban J connectivity index is 0.00000451. The van der Waals surface area contributed by atoms with E-state index >= 15 is 0 Å². The topological polar surface area (TPSA) is 144 Å². The second-order valence-electron chi connectivity index (χ2n) is 11.0. The number of fused-ring (bicyclic) bond motifs is 2. The molecule has 0 fully saturated rings. The van der Waals surface area contributed by atoms with Crippen molar-refractivity contribution in [2.45, 2.75) is 19.9 Å². The summed E-state index contributed by atoms with van der Waals surface area (Å²) in [5, 5.41) is 0. The molecule has 6 rings (SSSR count). The SMILES string of the molecule is CCC(/C=C1\Oc2ccc(-c3ccccc3)cc2N1CCS(=O)(=O)[O-])=C\c1oc2ccc(-c3ccccc3)cc2[n+]1CCS(=O)(=O)[O-].[Na+]. The monoisotopic (exact) mass is 694 g/mol. The van der Waals surface area contributed by atoms with Crippen molar-refractivity contribution in [2.75, 3.05) is 23.0 Å². The molecule has 4 aromatic carbocycles. The van der Waals surface area contributed by atoms with Crippen LogP contribution in [-0.2, 0) is 26.8 Å². The van der Waals surface area contributed by atoms with Crippen LogP contribution in [0.25, 0.3) is 39.4 Å². The zero-order chi connectivity index (χ0) is 33.2. The second-order valence-corrected chi connectivity index (χ2v) is 14.1. The molecule has 1 aliphatic rings. The van der Waals surface area contributed by atoms with E-state index in [1.807, 2.05) is 91.9 Å². The van der Waals surface area contributed by atoms with E-state index in [9.17, 15) is 25.9 Å². The van der Waals surface area contributed by atoms with Crippen LogP contribution in [0, 0.1) is 0 Å². The van der Waals surface area contributed by atoms with Crippen molar-refractivity contribution in [2.24, 2.45) is 0 Å². The normalized spacial score (nSPS) is 14.2. The van der Waals surface area contributed by atoms with Gasteiger partial charge in [-0.25, -0.2) is 16.8 Å². The molecule has 0 spiro atoms. The molecule has 5 aromatic rings. The number of aromatic nitrogens is 1. The van der Waals surface area contributed by atoms with E-state index in [-0.39, 0.29) is 42.6 Å². The Morgan fingerprint density at radius 2 is 1.40 bits per heavy atom. The number of rotatable bonds is 11. The quantitative estimate of drug-likeness (QED) is 0.116. The van der Waals surface area contributed by atoms with Crippen molar-refractivity contribution in [1.29, 1.82) is 0 Å². The van der Waals surface area contributed by atoms with E-state index in [0.717, 1.165) is 22.3 Å². The Kier molecular flexibility index (Phi) is 11.0. The molecule has 13 heteroatoms. The van der Waals surface area contributed by atoms with Crippen LogP contribution in [0.5, 0.6) is 5.75 Å². The Bertz CT molecular complexity index is 2220. The number of aryl methyl sites for hydroxylation is 1. The van der Waals surface area contributed by atoms with Gasteiger partial charge in [0.15, 0.2) is 12.3 Å². The number of hydrogen-bond acceptors (Lipinski definition) is 9. The standard InChI is InChI=1S/C35H32N2O8S2.Na/c1-2-25(21-34-36(17-19-46(38,39)40)30-23-28(13-15-32(30)44-34)26-9-5-3-6-10-26)22-35-37(18-20-47(41,42)43)31-24-29(14-16-33(31)45-35)27-11-7-4-8-12-27;/h3-16,21-24H,2,17-20H2,1H3,(H-,38,39,40,41,42,43);/q;+1/p-1. The van der Waals surface area contributed by atoms with Crippen molar-refractivity contribution in [3.8, 4) is 28.0 Å². The van der Waals surface area contributed by atoms with Gasteiger partial charge in [-0.05, 0) is 52.4 Å². The average molecular weight is 695 g/mol. The van der Waals surface area contributed by atoms with Crippen molar-refractivity contribution in [1.82, 2.24) is 0 Å². The first kappa shape index (κ1) is 35.6. The molecular weight excluding hydrogens is 664 g/mol. The van der Waals surface area contributed by atoms with E-state index in [2.05, 4.69) is 0 Å². The Labute approximate surface area is 301 Å². The first-order valence-corrected chi connectivity index (χ1v) is 18.1. The molecule has 48 heavy (non-hydrogen) atoms. The van der Waals surface area contributed by atoms with Crippen LogP contribution in [0.15, 0.2) is 119 Å². The fourth-order valence-electron chi connectivity index (χ4n) is 5.47. The summed E-state index contributed by atoms with van der Waals surface area (Å²) < 4.78 is 83.9. The maximum absolute atomic E-state index is 11.6. The van der Waals surface area contributed by atoms with Gasteiger partial charge in [-0.1, -0.05) is 79.7 Å². The van der Waals surface area contributed by atoms with E-state index < -0.39 is 31.7 Å². The Morgan fingerprint density at radius 3 is 2.00 bits per heavy atom. The van der Waals surface area contributed by atoms with E-state index in [4.69, 9.17) is 9.15 Å². The predicted molar refractivity (Wildman–Crippen MR) is 177 cm³/mol. The maximum Gasteiger partial charge on any atom is 1.00 e. The van der Waals surface area contributed by atoms with E-state index in [1.165, 1.54) is 0 Å². The number of hydrogen-bond donors (Lipinski definition) is 0. The number of nitrogens with zero attached hydrogens (tertiary/aromatic N) is 2. The summed E-state index contributed by atoms with van der Waals surface area (Å²) in [5.41, 5.74) is 6.14. The molecular formula is C35H31N2NaO8S2. The number of oxazole rings is 1. The van der Waals surface area contributed by atoms with Crippen LogP contribution in [0.2, 0.25) is 0 Å². The largest absolute Gasteiger partial charge is 1.00 e. The summed E-state index contributed by atoms with van der Waals surface area (Å²) in [6.07, 6.45) is 3.95. The molecule has 0 atom stereocenters. The third-order valence-corrected chi connectivity index (χ3v) is 9.20. The van der Waals surface area contributed by atoms with Crippen LogP contribution in [0.4, 0.5) is 5.69 Å². The Morgan fingerprint density at radius 1 is 0.792 bits per heavy atom. The van der Waals surface area contributed by atoms with Crippen LogP contribution >= 0.6 is 0 Å². The summed E-state index contributed by atoms with van der Waals surface area (Å²) in [5.74, 6) is -0.130. The summed E-state index contributed by atoms with van der Waals surface area (Å²) in [6.45, 7) is 1.65. The molecule has 242 valence electrons. The van der Waals surface area contributed by atoms with Crippen molar-refractivity contribution in [3.63, 3.8) is 0 Å². The number of benzene rings is 4. The third kappa shape index (κ3) is 8.45. The molecule has 0 N–H and O–H groups in total. The summed E-state index contributed by atoms with van der Waals surface area (Å²) in [7, 11) is -9.05. The zero-order valence-electron chi connectivity index (χ0n) is 26.4. The smallest absolute Gasteiger partial charge is 0.748 e. The molecule has 0 saturated heterocycles. The average Bonchev–Trinajstić information content (AvgIpc) is 3.58.